The average Bonchev–Trinajstić information content (AvgIpc) is 3.63. The van der Waals surface area contributed by atoms with Crippen LogP contribution in [-0.2, 0) is 32.8 Å². The van der Waals surface area contributed by atoms with Crippen LogP contribution in [0.5, 0.6) is 0 Å². The lowest BCUT2D eigenvalue weighted by atomic mass is 9.91. The fourth-order valence-corrected chi connectivity index (χ4v) is 5.87. The van der Waals surface area contributed by atoms with E-state index in [0.717, 1.165) is 59.9 Å². The first-order valence-electron chi connectivity index (χ1n) is 13.4. The quantitative estimate of drug-likeness (QED) is 0.514. The van der Waals surface area contributed by atoms with E-state index in [2.05, 4.69) is 23.6 Å². The monoisotopic (exact) mass is 502 g/mol. The number of rotatable bonds is 9. The van der Waals surface area contributed by atoms with E-state index in [-0.39, 0.29) is 24.4 Å². The van der Waals surface area contributed by atoms with Crippen LogP contribution in [0.1, 0.15) is 42.9 Å². The zero-order valence-corrected chi connectivity index (χ0v) is 21.2. The summed E-state index contributed by atoms with van der Waals surface area (Å²) in [5, 5.41) is 6.42. The van der Waals surface area contributed by atoms with Gasteiger partial charge in [-0.2, -0.15) is 0 Å². The summed E-state index contributed by atoms with van der Waals surface area (Å²) in [6, 6.07) is 15.4. The highest BCUT2D eigenvalue weighted by molar-refractivity contribution is 6.10. The number of anilines is 1. The molecule has 2 N–H and O–H groups in total. The normalized spacial score (nSPS) is 23.5. The van der Waals surface area contributed by atoms with Gasteiger partial charge in [-0.25, -0.2) is 4.79 Å². The molecule has 2 aromatic carbocycles. The Morgan fingerprint density at radius 3 is 2.68 bits per heavy atom. The van der Waals surface area contributed by atoms with Gasteiger partial charge in [0.15, 0.2) is 0 Å². The lowest BCUT2D eigenvalue weighted by Crippen LogP contribution is -2.47. The molecule has 0 aromatic heterocycles. The van der Waals surface area contributed by atoms with Gasteiger partial charge in [0.2, 0.25) is 5.91 Å². The first-order valence-corrected chi connectivity index (χ1v) is 13.4. The van der Waals surface area contributed by atoms with Crippen molar-refractivity contribution < 1.29 is 19.1 Å². The molecular weight excluding hydrogens is 468 g/mol. The number of carbonyl (C=O) groups excluding carboxylic acids is 3. The third kappa shape index (κ3) is 4.48. The van der Waals surface area contributed by atoms with Gasteiger partial charge < -0.3 is 20.3 Å². The van der Waals surface area contributed by atoms with Crippen LogP contribution in [0.3, 0.4) is 0 Å². The number of hydrogen-bond acceptors (Lipinski definition) is 5. The van der Waals surface area contributed by atoms with Gasteiger partial charge in [0.1, 0.15) is 12.1 Å². The predicted molar refractivity (Wildman–Crippen MR) is 139 cm³/mol. The minimum absolute atomic E-state index is 0.0621. The van der Waals surface area contributed by atoms with Crippen molar-refractivity contribution in [3.05, 3.63) is 65.2 Å². The minimum atomic E-state index is -1.08. The van der Waals surface area contributed by atoms with E-state index in [0.29, 0.717) is 31.2 Å². The summed E-state index contributed by atoms with van der Waals surface area (Å²) in [6.07, 6.45) is 3.41. The van der Waals surface area contributed by atoms with Gasteiger partial charge >= 0.3 is 6.03 Å². The lowest BCUT2D eigenvalue weighted by Gasteiger charge is -2.31. The van der Waals surface area contributed by atoms with Crippen molar-refractivity contribution in [2.24, 2.45) is 11.8 Å². The van der Waals surface area contributed by atoms with Crippen LogP contribution in [0, 0.1) is 11.8 Å². The summed E-state index contributed by atoms with van der Waals surface area (Å²) in [4.78, 5) is 43.3. The summed E-state index contributed by atoms with van der Waals surface area (Å²) >= 11 is 0. The molecule has 0 bridgehead atoms. The molecule has 1 unspecified atom stereocenters. The zero-order chi connectivity index (χ0) is 25.6. The average molecular weight is 503 g/mol. The van der Waals surface area contributed by atoms with Crippen molar-refractivity contribution in [1.82, 2.24) is 15.1 Å². The van der Waals surface area contributed by atoms with E-state index in [9.17, 15) is 14.4 Å². The molecule has 4 amide bonds. The Balaban J connectivity index is 1.18. The Morgan fingerprint density at radius 2 is 1.97 bits per heavy atom. The van der Waals surface area contributed by atoms with Crippen molar-refractivity contribution in [2.45, 2.75) is 50.7 Å². The second kappa shape index (κ2) is 9.49. The SMILES string of the molecule is C[C@@H](C1CC1)N(Cc1ccccc1)C(=O)CN1C(=O)NC2(CCc3cc(NCC4COC4)ccc32)C1=O. The van der Waals surface area contributed by atoms with Crippen LogP contribution in [0.4, 0.5) is 10.5 Å². The third-order valence-electron chi connectivity index (χ3n) is 8.42. The number of nitrogens with one attached hydrogen (secondary N) is 2. The Morgan fingerprint density at radius 1 is 1.19 bits per heavy atom. The van der Waals surface area contributed by atoms with Crippen LogP contribution >= 0.6 is 0 Å². The maximum atomic E-state index is 13.7. The fraction of sp³-hybridized carbons (Fsp3) is 0.483. The highest BCUT2D eigenvalue weighted by Gasteiger charge is 2.56. The second-order valence-electron chi connectivity index (χ2n) is 11.0. The molecule has 2 heterocycles. The van der Waals surface area contributed by atoms with E-state index >= 15 is 0 Å². The largest absolute Gasteiger partial charge is 0.385 e. The van der Waals surface area contributed by atoms with E-state index in [4.69, 9.17) is 4.74 Å². The molecule has 0 radical (unpaired) electrons. The highest BCUT2D eigenvalue weighted by Crippen LogP contribution is 2.42. The molecule has 6 rings (SSSR count). The van der Waals surface area contributed by atoms with E-state index in [1.165, 1.54) is 0 Å². The number of ether oxygens (including phenoxy) is 1. The Bertz CT molecular complexity index is 1210. The van der Waals surface area contributed by atoms with Crippen LogP contribution in [-0.4, -0.2) is 60.0 Å². The number of imide groups is 1. The van der Waals surface area contributed by atoms with Gasteiger partial charge in [0.25, 0.3) is 5.91 Å². The Kier molecular flexibility index (Phi) is 6.15. The van der Waals surface area contributed by atoms with Crippen molar-refractivity contribution >= 4 is 23.5 Å². The third-order valence-corrected chi connectivity index (χ3v) is 8.42. The maximum absolute atomic E-state index is 13.7. The second-order valence-corrected chi connectivity index (χ2v) is 11.0. The van der Waals surface area contributed by atoms with Crippen LogP contribution in [0.15, 0.2) is 48.5 Å². The number of amides is 4. The summed E-state index contributed by atoms with van der Waals surface area (Å²) < 4.78 is 5.24. The maximum Gasteiger partial charge on any atom is 0.325 e. The van der Waals surface area contributed by atoms with Gasteiger partial charge in [-0.1, -0.05) is 36.4 Å². The van der Waals surface area contributed by atoms with Gasteiger partial charge in [-0.15, -0.1) is 0 Å². The fourth-order valence-electron chi connectivity index (χ4n) is 5.87. The summed E-state index contributed by atoms with van der Waals surface area (Å²) in [5.74, 6) is 0.492. The summed E-state index contributed by atoms with van der Waals surface area (Å²) in [5.41, 5.74) is 2.86. The molecule has 2 saturated heterocycles. The molecule has 8 nitrogen and oxygen atoms in total. The molecule has 37 heavy (non-hydrogen) atoms. The van der Waals surface area contributed by atoms with Gasteiger partial charge in [0.05, 0.1) is 13.2 Å². The molecule has 4 aliphatic rings. The standard InChI is InChI=1S/C29H34N4O4/c1-19(22-7-8-22)32(15-20-5-3-2-4-6-20)26(34)16-33-27(35)29(31-28(33)36)12-11-23-13-24(9-10-25(23)29)30-14-21-17-37-18-21/h2-6,9-10,13,19,21-22,30H,7-8,11-12,14-18H2,1H3,(H,31,36)/t19-,29?/m0/s1. The number of fused-ring (bicyclic) bond motifs is 2. The molecular formula is C29H34N4O4. The summed E-state index contributed by atoms with van der Waals surface area (Å²) in [7, 11) is 0. The minimum Gasteiger partial charge on any atom is -0.385 e. The Hall–Kier alpha value is -3.39. The lowest BCUT2D eigenvalue weighted by molar-refractivity contribution is -0.141. The molecule has 1 spiro atoms. The van der Waals surface area contributed by atoms with E-state index < -0.39 is 11.6 Å². The van der Waals surface area contributed by atoms with Gasteiger partial charge in [0, 0.05) is 30.7 Å². The van der Waals surface area contributed by atoms with Gasteiger partial charge in [-0.3, -0.25) is 14.5 Å². The number of aryl methyl sites for hydroxylation is 1. The van der Waals surface area contributed by atoms with Gasteiger partial charge in [-0.05, 0) is 67.3 Å². The van der Waals surface area contributed by atoms with Crippen molar-refractivity contribution in [1.29, 1.82) is 0 Å². The molecule has 2 atom stereocenters. The molecule has 2 aromatic rings. The number of benzene rings is 2. The smallest absolute Gasteiger partial charge is 0.325 e. The summed E-state index contributed by atoms with van der Waals surface area (Å²) in [6.45, 7) is 4.74. The first kappa shape index (κ1) is 24.0. The van der Waals surface area contributed by atoms with Crippen molar-refractivity contribution in [2.75, 3.05) is 31.6 Å². The molecule has 2 aliphatic carbocycles. The number of carbonyl (C=O) groups is 3. The number of hydrogen-bond donors (Lipinski definition) is 2. The van der Waals surface area contributed by atoms with Crippen molar-refractivity contribution in [3.8, 4) is 0 Å². The van der Waals surface area contributed by atoms with Crippen LogP contribution in [0.25, 0.3) is 0 Å². The van der Waals surface area contributed by atoms with E-state index in [1.807, 2.05) is 47.4 Å². The molecule has 1 saturated carbocycles. The topological polar surface area (TPSA) is 91.0 Å². The number of nitrogens with zero attached hydrogens (tertiary/aromatic N) is 2. The van der Waals surface area contributed by atoms with Crippen LogP contribution in [0.2, 0.25) is 0 Å². The first-order chi connectivity index (χ1) is 17.9. The molecule has 8 heteroatoms. The molecule has 2 aliphatic heterocycles. The molecule has 194 valence electrons. The Labute approximate surface area is 217 Å². The predicted octanol–water partition coefficient (Wildman–Crippen LogP) is 3.27. The van der Waals surface area contributed by atoms with Crippen molar-refractivity contribution in [3.63, 3.8) is 0 Å². The highest BCUT2D eigenvalue weighted by atomic mass is 16.5. The van der Waals surface area contributed by atoms with E-state index in [1.54, 1.807) is 0 Å². The zero-order valence-electron chi connectivity index (χ0n) is 21.2. The number of urea groups is 1. The van der Waals surface area contributed by atoms with Crippen LogP contribution < -0.4 is 10.6 Å². The molecule has 3 fully saturated rings.